The summed E-state index contributed by atoms with van der Waals surface area (Å²) in [4.78, 5) is 26.1. The van der Waals surface area contributed by atoms with Crippen LogP contribution in [0.5, 0.6) is 0 Å². The lowest BCUT2D eigenvalue weighted by Gasteiger charge is -2.19. The van der Waals surface area contributed by atoms with Crippen LogP contribution in [-0.2, 0) is 9.53 Å². The molecule has 134 valence electrons. The summed E-state index contributed by atoms with van der Waals surface area (Å²) >= 11 is 1.41. The molecule has 1 aliphatic heterocycles. The lowest BCUT2D eigenvalue weighted by Crippen LogP contribution is -2.25. The molecule has 3 rings (SSSR count). The predicted octanol–water partition coefficient (Wildman–Crippen LogP) is 3.54. The third-order valence-electron chi connectivity index (χ3n) is 3.84. The number of benzene rings is 2. The Morgan fingerprint density at radius 2 is 2.04 bits per heavy atom. The summed E-state index contributed by atoms with van der Waals surface area (Å²) in [6, 6.07) is 15.1. The Hall–Kier alpha value is -2.57. The van der Waals surface area contributed by atoms with Gasteiger partial charge in [-0.3, -0.25) is 9.59 Å². The van der Waals surface area contributed by atoms with Gasteiger partial charge in [0.15, 0.2) is 0 Å². The van der Waals surface area contributed by atoms with Crippen molar-refractivity contribution in [1.29, 1.82) is 0 Å². The van der Waals surface area contributed by atoms with Crippen LogP contribution in [0.4, 0.5) is 5.69 Å². The van der Waals surface area contributed by atoms with Gasteiger partial charge in [0.1, 0.15) is 0 Å². The SMILES string of the molecule is COCCCNC(=O)c1ccc2c(c1)NC(=O)/C(=C/c1ccccc1)S2. The van der Waals surface area contributed by atoms with Crippen molar-refractivity contribution in [2.45, 2.75) is 11.3 Å². The molecule has 0 bridgehead atoms. The molecule has 0 fully saturated rings. The van der Waals surface area contributed by atoms with E-state index in [0.717, 1.165) is 16.9 Å². The maximum atomic E-state index is 12.4. The Balaban J connectivity index is 1.72. The Kier molecular flexibility index (Phi) is 6.09. The molecule has 1 heterocycles. The number of hydrogen-bond donors (Lipinski definition) is 2. The highest BCUT2D eigenvalue weighted by Crippen LogP contribution is 2.39. The lowest BCUT2D eigenvalue weighted by atomic mass is 10.1. The molecule has 0 aliphatic carbocycles. The monoisotopic (exact) mass is 368 g/mol. The Morgan fingerprint density at radius 3 is 2.81 bits per heavy atom. The third kappa shape index (κ3) is 4.53. The molecular weight excluding hydrogens is 348 g/mol. The van der Waals surface area contributed by atoms with E-state index < -0.39 is 0 Å². The largest absolute Gasteiger partial charge is 0.385 e. The number of methoxy groups -OCH3 is 1. The van der Waals surface area contributed by atoms with Crippen LogP contribution in [0.3, 0.4) is 0 Å². The van der Waals surface area contributed by atoms with Crippen LogP contribution in [0.2, 0.25) is 0 Å². The number of thioether (sulfide) groups is 1. The lowest BCUT2D eigenvalue weighted by molar-refractivity contribution is -0.112. The van der Waals surface area contributed by atoms with Crippen LogP contribution in [-0.4, -0.2) is 32.1 Å². The molecule has 0 saturated heterocycles. The normalized spacial score (nSPS) is 14.7. The summed E-state index contributed by atoms with van der Waals surface area (Å²) in [5, 5.41) is 5.72. The number of fused-ring (bicyclic) bond motifs is 1. The first-order valence-corrected chi connectivity index (χ1v) is 9.16. The third-order valence-corrected chi connectivity index (χ3v) is 4.94. The number of rotatable bonds is 6. The molecule has 2 aromatic carbocycles. The second-order valence-electron chi connectivity index (χ2n) is 5.79. The van der Waals surface area contributed by atoms with Gasteiger partial charge in [-0.2, -0.15) is 0 Å². The van der Waals surface area contributed by atoms with E-state index in [1.165, 1.54) is 11.8 Å². The fourth-order valence-corrected chi connectivity index (χ4v) is 3.45. The summed E-state index contributed by atoms with van der Waals surface area (Å²) in [7, 11) is 1.63. The van der Waals surface area contributed by atoms with E-state index >= 15 is 0 Å². The van der Waals surface area contributed by atoms with Crippen molar-refractivity contribution in [3.8, 4) is 0 Å². The Labute approximate surface area is 156 Å². The zero-order valence-electron chi connectivity index (χ0n) is 14.5. The van der Waals surface area contributed by atoms with E-state index in [1.54, 1.807) is 19.2 Å². The average Bonchev–Trinajstić information content (AvgIpc) is 2.66. The molecule has 5 nitrogen and oxygen atoms in total. The van der Waals surface area contributed by atoms with Gasteiger partial charge in [-0.1, -0.05) is 42.1 Å². The molecule has 6 heteroatoms. The molecule has 2 N–H and O–H groups in total. The van der Waals surface area contributed by atoms with Gasteiger partial charge in [-0.05, 0) is 36.3 Å². The van der Waals surface area contributed by atoms with Crippen molar-refractivity contribution >= 4 is 35.3 Å². The predicted molar refractivity (Wildman–Crippen MR) is 104 cm³/mol. The molecule has 0 aromatic heterocycles. The second kappa shape index (κ2) is 8.69. The van der Waals surface area contributed by atoms with Crippen molar-refractivity contribution in [1.82, 2.24) is 5.32 Å². The van der Waals surface area contributed by atoms with Gasteiger partial charge in [0.25, 0.3) is 11.8 Å². The molecule has 2 amide bonds. The maximum Gasteiger partial charge on any atom is 0.262 e. The van der Waals surface area contributed by atoms with Crippen molar-refractivity contribution < 1.29 is 14.3 Å². The molecule has 0 spiro atoms. The van der Waals surface area contributed by atoms with Gasteiger partial charge in [0.05, 0.1) is 10.6 Å². The van der Waals surface area contributed by atoms with Crippen molar-refractivity contribution in [2.24, 2.45) is 0 Å². The quantitative estimate of drug-likeness (QED) is 0.605. The summed E-state index contributed by atoms with van der Waals surface area (Å²) in [6.45, 7) is 1.16. The number of nitrogens with one attached hydrogen (secondary N) is 2. The van der Waals surface area contributed by atoms with Gasteiger partial charge >= 0.3 is 0 Å². The van der Waals surface area contributed by atoms with E-state index in [2.05, 4.69) is 10.6 Å². The number of carbonyl (C=O) groups excluding carboxylic acids is 2. The first kappa shape index (κ1) is 18.2. The standard InChI is InChI=1S/C20H20N2O3S/c1-25-11-5-10-21-19(23)15-8-9-17-16(13-15)22-20(24)18(26-17)12-14-6-3-2-4-7-14/h2-4,6-9,12-13H,5,10-11H2,1H3,(H,21,23)(H,22,24)/b18-12-. The van der Waals surface area contributed by atoms with Crippen molar-refractivity contribution in [3.05, 3.63) is 64.6 Å². The minimum absolute atomic E-state index is 0.159. The topological polar surface area (TPSA) is 67.4 Å². The van der Waals surface area contributed by atoms with Gasteiger partial charge < -0.3 is 15.4 Å². The number of hydrogen-bond acceptors (Lipinski definition) is 4. The first-order chi connectivity index (χ1) is 12.7. The van der Waals surface area contributed by atoms with Crippen molar-refractivity contribution in [3.63, 3.8) is 0 Å². The first-order valence-electron chi connectivity index (χ1n) is 8.34. The van der Waals surface area contributed by atoms with E-state index in [1.807, 2.05) is 42.5 Å². The molecule has 0 atom stereocenters. The van der Waals surface area contributed by atoms with Gasteiger partial charge in [-0.15, -0.1) is 0 Å². The fourth-order valence-electron chi connectivity index (χ4n) is 2.52. The van der Waals surface area contributed by atoms with Crippen LogP contribution in [0.1, 0.15) is 22.3 Å². The zero-order valence-corrected chi connectivity index (χ0v) is 15.3. The summed E-state index contributed by atoms with van der Waals surface area (Å²) in [5.74, 6) is -0.321. The van der Waals surface area contributed by atoms with Gasteiger partial charge in [0, 0.05) is 30.7 Å². The number of carbonyl (C=O) groups is 2. The highest BCUT2D eigenvalue weighted by atomic mass is 32.2. The zero-order chi connectivity index (χ0) is 18.4. The molecule has 0 radical (unpaired) electrons. The molecule has 26 heavy (non-hydrogen) atoms. The number of ether oxygens (including phenoxy) is 1. The maximum absolute atomic E-state index is 12.4. The Bertz CT molecular complexity index is 834. The van der Waals surface area contributed by atoms with Crippen LogP contribution in [0.15, 0.2) is 58.3 Å². The van der Waals surface area contributed by atoms with E-state index in [9.17, 15) is 9.59 Å². The minimum Gasteiger partial charge on any atom is -0.385 e. The van der Waals surface area contributed by atoms with Gasteiger partial charge in [-0.25, -0.2) is 0 Å². The van der Waals surface area contributed by atoms with Crippen LogP contribution in [0.25, 0.3) is 6.08 Å². The molecule has 1 aliphatic rings. The average molecular weight is 368 g/mol. The summed E-state index contributed by atoms with van der Waals surface area (Å²) in [6.07, 6.45) is 2.62. The van der Waals surface area contributed by atoms with Gasteiger partial charge in [0.2, 0.25) is 0 Å². The number of amides is 2. The molecule has 2 aromatic rings. The van der Waals surface area contributed by atoms with Crippen LogP contribution in [0, 0.1) is 0 Å². The highest BCUT2D eigenvalue weighted by molar-refractivity contribution is 8.04. The summed E-state index contributed by atoms with van der Waals surface area (Å²) in [5.41, 5.74) is 2.16. The minimum atomic E-state index is -0.163. The van der Waals surface area contributed by atoms with E-state index in [4.69, 9.17) is 4.74 Å². The fraction of sp³-hybridized carbons (Fsp3) is 0.200. The molecule has 0 unspecified atom stereocenters. The highest BCUT2D eigenvalue weighted by Gasteiger charge is 2.22. The van der Waals surface area contributed by atoms with Crippen LogP contribution >= 0.6 is 11.8 Å². The Morgan fingerprint density at radius 1 is 1.23 bits per heavy atom. The van der Waals surface area contributed by atoms with Crippen LogP contribution < -0.4 is 10.6 Å². The number of anilines is 1. The second-order valence-corrected chi connectivity index (χ2v) is 6.87. The molecule has 0 saturated carbocycles. The summed E-state index contributed by atoms with van der Waals surface area (Å²) < 4.78 is 4.96. The smallest absolute Gasteiger partial charge is 0.262 e. The van der Waals surface area contributed by atoms with Crippen molar-refractivity contribution in [2.75, 3.05) is 25.6 Å². The van der Waals surface area contributed by atoms with E-state index in [0.29, 0.717) is 29.3 Å². The molecular formula is C20H20N2O3S. The van der Waals surface area contributed by atoms with E-state index in [-0.39, 0.29) is 11.8 Å².